The molecule has 2 rings (SSSR count). The van der Waals surface area contributed by atoms with Gasteiger partial charge in [-0.1, -0.05) is 30.2 Å². The molecule has 0 spiro atoms. The van der Waals surface area contributed by atoms with Crippen LogP contribution in [0, 0.1) is 12.3 Å². The van der Waals surface area contributed by atoms with Crippen molar-refractivity contribution in [1.29, 1.82) is 0 Å². The molecule has 0 saturated carbocycles. The lowest BCUT2D eigenvalue weighted by molar-refractivity contribution is 0.0954. The van der Waals surface area contributed by atoms with Gasteiger partial charge >= 0.3 is 0 Å². The second-order valence-electron chi connectivity index (χ2n) is 6.15. The van der Waals surface area contributed by atoms with Crippen LogP contribution in [-0.2, 0) is 0 Å². The maximum Gasteiger partial charge on any atom is 0.271 e. The van der Waals surface area contributed by atoms with E-state index in [1.165, 1.54) is 6.21 Å². The number of nitrogens with one attached hydrogen (secondary N) is 1. The number of carbonyl (C=O) groups is 1. The Morgan fingerprint density at radius 1 is 1.12 bits per heavy atom. The summed E-state index contributed by atoms with van der Waals surface area (Å²) in [5, 5.41) is 4.32. The van der Waals surface area contributed by atoms with Gasteiger partial charge in [0.1, 0.15) is 13.2 Å². The van der Waals surface area contributed by atoms with Crippen LogP contribution in [0.2, 0.25) is 5.02 Å². The standard InChI is InChI=1S/C24H25ClN2O5/c1-5-11-31-20-10-9-18(15-21(20)29-7-3)24(28)27-26-16-17-13-19(25)23(32-12-6-2)22(14-17)30-8-4/h2,5,9-10,13-16H,1,7-8,11-12H2,3-4H3,(H,27,28)/b26-16+. The normalized spacial score (nSPS) is 10.3. The van der Waals surface area contributed by atoms with E-state index in [1.54, 1.807) is 36.4 Å². The number of terminal acetylenes is 1. The lowest BCUT2D eigenvalue weighted by Gasteiger charge is -2.13. The number of carbonyl (C=O) groups excluding carboxylic acids is 1. The van der Waals surface area contributed by atoms with E-state index in [0.717, 1.165) is 0 Å². The van der Waals surface area contributed by atoms with E-state index in [9.17, 15) is 4.79 Å². The highest BCUT2D eigenvalue weighted by Gasteiger charge is 2.13. The average molecular weight is 457 g/mol. The summed E-state index contributed by atoms with van der Waals surface area (Å²) in [6.45, 7) is 8.53. The number of nitrogens with zero attached hydrogens (tertiary/aromatic N) is 1. The predicted octanol–water partition coefficient (Wildman–Crippen LogP) is 4.48. The molecule has 168 valence electrons. The van der Waals surface area contributed by atoms with Gasteiger partial charge in [-0.05, 0) is 49.7 Å². The van der Waals surface area contributed by atoms with Crippen molar-refractivity contribution in [3.05, 3.63) is 59.1 Å². The van der Waals surface area contributed by atoms with Crippen molar-refractivity contribution < 1.29 is 23.7 Å². The molecule has 2 aromatic carbocycles. The zero-order valence-corrected chi connectivity index (χ0v) is 18.8. The van der Waals surface area contributed by atoms with E-state index in [2.05, 4.69) is 23.0 Å². The zero-order chi connectivity index (χ0) is 23.3. The van der Waals surface area contributed by atoms with Crippen molar-refractivity contribution in [2.45, 2.75) is 13.8 Å². The van der Waals surface area contributed by atoms with Crippen molar-refractivity contribution in [2.75, 3.05) is 26.4 Å². The topological polar surface area (TPSA) is 78.4 Å². The Kier molecular flexibility index (Phi) is 9.95. The molecule has 0 saturated heterocycles. The van der Waals surface area contributed by atoms with E-state index < -0.39 is 5.91 Å². The maximum atomic E-state index is 12.5. The summed E-state index contributed by atoms with van der Waals surface area (Å²) >= 11 is 6.29. The van der Waals surface area contributed by atoms with E-state index >= 15 is 0 Å². The third-order valence-corrected chi connectivity index (χ3v) is 4.15. The Bertz CT molecular complexity index is 1010. The number of amides is 1. The van der Waals surface area contributed by atoms with Crippen LogP contribution in [0.4, 0.5) is 0 Å². The quantitative estimate of drug-likeness (QED) is 0.220. The first-order valence-corrected chi connectivity index (χ1v) is 10.3. The number of ether oxygens (including phenoxy) is 4. The second kappa shape index (κ2) is 12.9. The molecule has 2 aromatic rings. The van der Waals surface area contributed by atoms with Crippen LogP contribution in [-0.4, -0.2) is 38.5 Å². The molecule has 0 aliphatic carbocycles. The summed E-state index contributed by atoms with van der Waals surface area (Å²) in [6, 6.07) is 8.19. The van der Waals surface area contributed by atoms with Crippen molar-refractivity contribution in [3.63, 3.8) is 0 Å². The first-order chi connectivity index (χ1) is 15.5. The van der Waals surface area contributed by atoms with Crippen molar-refractivity contribution in [3.8, 4) is 35.3 Å². The fourth-order valence-corrected chi connectivity index (χ4v) is 2.87. The largest absolute Gasteiger partial charge is 0.490 e. The molecule has 0 bridgehead atoms. The van der Waals surface area contributed by atoms with Gasteiger partial charge in [-0.3, -0.25) is 4.79 Å². The van der Waals surface area contributed by atoms with Crippen LogP contribution in [0.1, 0.15) is 29.8 Å². The molecule has 0 aliphatic rings. The summed E-state index contributed by atoms with van der Waals surface area (Å²) in [6.07, 6.45) is 8.31. The first kappa shape index (κ1) is 24.6. The number of halogens is 1. The molecule has 0 fully saturated rings. The molecule has 0 aromatic heterocycles. The Labute approximate surface area is 193 Å². The van der Waals surface area contributed by atoms with Gasteiger partial charge in [0.05, 0.1) is 24.5 Å². The number of hydrogen-bond acceptors (Lipinski definition) is 6. The van der Waals surface area contributed by atoms with Gasteiger partial charge in [-0.2, -0.15) is 5.10 Å². The summed E-state index contributed by atoms with van der Waals surface area (Å²) in [4.78, 5) is 12.5. The van der Waals surface area contributed by atoms with Crippen LogP contribution in [0.25, 0.3) is 0 Å². The Morgan fingerprint density at radius 2 is 1.88 bits per heavy atom. The monoisotopic (exact) mass is 456 g/mol. The summed E-state index contributed by atoms with van der Waals surface area (Å²) in [5.41, 5.74) is 3.45. The summed E-state index contributed by atoms with van der Waals surface area (Å²) in [7, 11) is 0. The van der Waals surface area contributed by atoms with Gasteiger partial charge in [0, 0.05) is 5.56 Å². The van der Waals surface area contributed by atoms with Crippen molar-refractivity contribution >= 4 is 23.7 Å². The average Bonchev–Trinajstić information content (AvgIpc) is 2.78. The third-order valence-electron chi connectivity index (χ3n) is 3.87. The Hall–Kier alpha value is -3.63. The van der Waals surface area contributed by atoms with Gasteiger partial charge in [-0.15, -0.1) is 6.42 Å². The van der Waals surface area contributed by atoms with E-state index in [-0.39, 0.29) is 6.61 Å². The number of rotatable bonds is 12. The summed E-state index contributed by atoms with van der Waals surface area (Å²) in [5.74, 6) is 3.74. The van der Waals surface area contributed by atoms with Gasteiger partial charge in [0.2, 0.25) is 0 Å². The van der Waals surface area contributed by atoms with Gasteiger partial charge in [0.15, 0.2) is 23.0 Å². The van der Waals surface area contributed by atoms with Crippen LogP contribution in [0.5, 0.6) is 23.0 Å². The minimum atomic E-state index is -0.414. The van der Waals surface area contributed by atoms with E-state index in [4.69, 9.17) is 37.0 Å². The van der Waals surface area contributed by atoms with Crippen molar-refractivity contribution in [1.82, 2.24) is 5.43 Å². The maximum absolute atomic E-state index is 12.5. The van der Waals surface area contributed by atoms with Crippen LogP contribution < -0.4 is 24.4 Å². The molecule has 0 aliphatic heterocycles. The van der Waals surface area contributed by atoms with E-state index in [0.29, 0.717) is 59.0 Å². The molecule has 0 heterocycles. The number of hydrogen-bond donors (Lipinski definition) is 1. The third kappa shape index (κ3) is 6.96. The second-order valence-corrected chi connectivity index (χ2v) is 6.56. The molecule has 32 heavy (non-hydrogen) atoms. The zero-order valence-electron chi connectivity index (χ0n) is 18.0. The van der Waals surface area contributed by atoms with Gasteiger partial charge in [0.25, 0.3) is 5.91 Å². The van der Waals surface area contributed by atoms with Gasteiger partial charge in [-0.25, -0.2) is 5.43 Å². The van der Waals surface area contributed by atoms with Crippen LogP contribution in [0.3, 0.4) is 0 Å². The van der Waals surface area contributed by atoms with Crippen LogP contribution in [0.15, 0.2) is 48.1 Å². The molecular weight excluding hydrogens is 432 g/mol. The Balaban J connectivity index is 2.15. The molecule has 0 unspecified atom stereocenters. The molecule has 1 N–H and O–H groups in total. The highest BCUT2D eigenvalue weighted by Crippen LogP contribution is 2.36. The van der Waals surface area contributed by atoms with E-state index in [1.807, 2.05) is 13.8 Å². The molecule has 7 nitrogen and oxygen atoms in total. The lowest BCUT2D eigenvalue weighted by atomic mass is 10.2. The molecule has 0 radical (unpaired) electrons. The predicted molar refractivity (Wildman–Crippen MR) is 125 cm³/mol. The van der Waals surface area contributed by atoms with Gasteiger partial charge < -0.3 is 18.9 Å². The molecular formula is C24H25ClN2O5. The number of hydrazone groups is 1. The first-order valence-electron chi connectivity index (χ1n) is 9.90. The SMILES string of the molecule is C#CCOc1c(Cl)cc(/C=N/NC(=O)c2ccc(OCC=C)c(OCC)c2)cc1OCC. The highest BCUT2D eigenvalue weighted by atomic mass is 35.5. The lowest BCUT2D eigenvalue weighted by Crippen LogP contribution is -2.17. The fourth-order valence-electron chi connectivity index (χ4n) is 2.59. The minimum Gasteiger partial charge on any atom is -0.490 e. The fraction of sp³-hybridized carbons (Fsp3) is 0.250. The summed E-state index contributed by atoms with van der Waals surface area (Å²) < 4.78 is 22.1. The van der Waals surface area contributed by atoms with Crippen LogP contribution >= 0.6 is 11.6 Å². The van der Waals surface area contributed by atoms with Crippen molar-refractivity contribution in [2.24, 2.45) is 5.10 Å². The Morgan fingerprint density at radius 3 is 2.56 bits per heavy atom. The molecule has 8 heteroatoms. The number of benzene rings is 2. The molecule has 1 amide bonds. The molecule has 0 atom stereocenters. The minimum absolute atomic E-state index is 0.0600. The smallest absolute Gasteiger partial charge is 0.271 e. The highest BCUT2D eigenvalue weighted by molar-refractivity contribution is 6.32.